The van der Waals surface area contributed by atoms with Gasteiger partial charge in [-0.15, -0.1) is 0 Å². The van der Waals surface area contributed by atoms with E-state index >= 15 is 0 Å². The summed E-state index contributed by atoms with van der Waals surface area (Å²) in [4.78, 5) is 21.4. The van der Waals surface area contributed by atoms with Crippen molar-refractivity contribution in [1.82, 2.24) is 24.7 Å². The van der Waals surface area contributed by atoms with Gasteiger partial charge in [0.2, 0.25) is 5.91 Å². The number of amides is 1. The Morgan fingerprint density at radius 2 is 2.00 bits per heavy atom. The van der Waals surface area contributed by atoms with E-state index in [1.165, 1.54) is 5.56 Å². The number of carbonyl (C=O) groups excluding carboxylic acids is 1. The number of rotatable bonds is 4. The predicted octanol–water partition coefficient (Wildman–Crippen LogP) is 1.72. The lowest BCUT2D eigenvalue weighted by atomic mass is 9.86. The third kappa shape index (κ3) is 4.06. The van der Waals surface area contributed by atoms with Crippen LogP contribution in [0.15, 0.2) is 42.7 Å². The number of imidazole rings is 1. The van der Waals surface area contributed by atoms with Crippen LogP contribution in [0.4, 0.5) is 0 Å². The molecule has 1 aromatic carbocycles. The summed E-state index contributed by atoms with van der Waals surface area (Å²) >= 11 is 0. The maximum atomic E-state index is 11.8. The zero-order valence-electron chi connectivity index (χ0n) is 16.1. The van der Waals surface area contributed by atoms with Gasteiger partial charge in [-0.2, -0.15) is 0 Å². The highest BCUT2D eigenvalue weighted by atomic mass is 16.1. The van der Waals surface area contributed by atoms with E-state index in [0.29, 0.717) is 6.42 Å². The highest BCUT2D eigenvalue weighted by Gasteiger charge is 2.40. The van der Waals surface area contributed by atoms with Crippen LogP contribution >= 0.6 is 0 Å². The second-order valence-electron chi connectivity index (χ2n) is 7.91. The molecular weight excluding hydrogens is 338 g/mol. The minimum absolute atomic E-state index is 0.0915. The number of aromatic nitrogens is 2. The zero-order chi connectivity index (χ0) is 18.7. The van der Waals surface area contributed by atoms with Gasteiger partial charge in [-0.05, 0) is 25.5 Å². The first-order valence-electron chi connectivity index (χ1n) is 9.89. The van der Waals surface area contributed by atoms with Gasteiger partial charge in [-0.25, -0.2) is 4.98 Å². The normalized spacial score (nSPS) is 24.7. The first-order valence-corrected chi connectivity index (χ1v) is 9.89. The van der Waals surface area contributed by atoms with Crippen LogP contribution in [0.3, 0.4) is 0 Å². The van der Waals surface area contributed by atoms with Crippen LogP contribution in [0.5, 0.6) is 0 Å². The van der Waals surface area contributed by atoms with E-state index in [-0.39, 0.29) is 11.4 Å². The molecule has 2 saturated heterocycles. The van der Waals surface area contributed by atoms with Crippen molar-refractivity contribution < 1.29 is 4.79 Å². The number of hydrogen-bond donors (Lipinski definition) is 1. The molecule has 1 amide bonds. The summed E-state index contributed by atoms with van der Waals surface area (Å²) in [5.41, 5.74) is 1.38. The number of carbonyl (C=O) groups is 1. The minimum Gasteiger partial charge on any atom is -0.356 e. The quantitative estimate of drug-likeness (QED) is 0.894. The summed E-state index contributed by atoms with van der Waals surface area (Å²) in [6.45, 7) is 5.56. The minimum atomic E-state index is 0.0915. The van der Waals surface area contributed by atoms with Gasteiger partial charge in [0.05, 0.1) is 6.54 Å². The summed E-state index contributed by atoms with van der Waals surface area (Å²) < 4.78 is 2.25. The van der Waals surface area contributed by atoms with Crippen LogP contribution in [-0.4, -0.2) is 64.0 Å². The molecule has 1 spiro atoms. The molecule has 0 bridgehead atoms. The maximum Gasteiger partial charge on any atom is 0.220 e. The molecule has 2 fully saturated rings. The van der Waals surface area contributed by atoms with Gasteiger partial charge in [0.25, 0.3) is 0 Å². The van der Waals surface area contributed by atoms with E-state index in [0.717, 1.165) is 57.9 Å². The standard InChI is InChI=1S/C21H29N5O/c1-24-13-14-25(17-21(24)8-7-20(27)23-10-9-21)16-19-22-11-12-26(19)15-18-5-3-2-4-6-18/h2-6,11-12H,7-10,13-17H2,1H3,(H,23,27). The molecule has 0 aliphatic carbocycles. The Morgan fingerprint density at radius 3 is 2.85 bits per heavy atom. The molecule has 2 aliphatic heterocycles. The Labute approximate surface area is 161 Å². The second-order valence-corrected chi connectivity index (χ2v) is 7.91. The van der Waals surface area contributed by atoms with Crippen molar-refractivity contribution in [3.05, 3.63) is 54.1 Å². The van der Waals surface area contributed by atoms with Gasteiger partial charge in [0.15, 0.2) is 0 Å². The van der Waals surface area contributed by atoms with Gasteiger partial charge in [0, 0.05) is 57.1 Å². The van der Waals surface area contributed by atoms with Crippen molar-refractivity contribution in [1.29, 1.82) is 0 Å². The first-order chi connectivity index (χ1) is 13.1. The molecule has 27 heavy (non-hydrogen) atoms. The van der Waals surface area contributed by atoms with Crippen molar-refractivity contribution in [2.24, 2.45) is 0 Å². The van der Waals surface area contributed by atoms with Crippen LogP contribution in [0.2, 0.25) is 0 Å². The van der Waals surface area contributed by atoms with Crippen LogP contribution in [0.1, 0.15) is 30.7 Å². The molecule has 6 nitrogen and oxygen atoms in total. The molecule has 2 aromatic rings. The third-order valence-corrected chi connectivity index (χ3v) is 6.17. The van der Waals surface area contributed by atoms with E-state index in [4.69, 9.17) is 0 Å². The van der Waals surface area contributed by atoms with Crippen molar-refractivity contribution in [2.45, 2.75) is 37.9 Å². The van der Waals surface area contributed by atoms with E-state index in [9.17, 15) is 4.79 Å². The number of nitrogens with zero attached hydrogens (tertiary/aromatic N) is 4. The van der Waals surface area contributed by atoms with E-state index in [1.54, 1.807) is 0 Å². The molecular formula is C21H29N5O. The summed E-state index contributed by atoms with van der Waals surface area (Å²) in [5, 5.41) is 3.03. The van der Waals surface area contributed by atoms with E-state index in [1.807, 2.05) is 12.3 Å². The fourth-order valence-corrected chi connectivity index (χ4v) is 4.43. The van der Waals surface area contributed by atoms with Gasteiger partial charge in [-0.1, -0.05) is 30.3 Å². The summed E-state index contributed by atoms with van der Waals surface area (Å²) in [7, 11) is 2.21. The van der Waals surface area contributed by atoms with Crippen molar-refractivity contribution in [3.8, 4) is 0 Å². The topological polar surface area (TPSA) is 53.4 Å². The zero-order valence-corrected chi connectivity index (χ0v) is 16.1. The second kappa shape index (κ2) is 7.82. The monoisotopic (exact) mass is 367 g/mol. The number of hydrogen-bond acceptors (Lipinski definition) is 4. The highest BCUT2D eigenvalue weighted by molar-refractivity contribution is 5.76. The lowest BCUT2D eigenvalue weighted by Gasteiger charge is -2.49. The first kappa shape index (κ1) is 18.2. The number of benzene rings is 1. The number of likely N-dealkylation sites (N-methyl/N-ethyl adjacent to an activating group) is 1. The molecule has 0 saturated carbocycles. The van der Waals surface area contributed by atoms with Crippen molar-refractivity contribution >= 4 is 5.91 Å². The smallest absolute Gasteiger partial charge is 0.220 e. The lowest BCUT2D eigenvalue weighted by molar-refractivity contribution is -0.121. The van der Waals surface area contributed by atoms with Gasteiger partial charge < -0.3 is 9.88 Å². The van der Waals surface area contributed by atoms with E-state index in [2.05, 4.69) is 62.2 Å². The Hall–Kier alpha value is -2.18. The van der Waals surface area contributed by atoms with Crippen LogP contribution < -0.4 is 5.32 Å². The van der Waals surface area contributed by atoms with Crippen LogP contribution in [0, 0.1) is 0 Å². The van der Waals surface area contributed by atoms with Crippen LogP contribution in [0.25, 0.3) is 0 Å². The summed E-state index contributed by atoms with van der Waals surface area (Å²) in [5.74, 6) is 1.30. The fraction of sp³-hybridized carbons (Fsp3) is 0.524. The summed E-state index contributed by atoms with van der Waals surface area (Å²) in [6, 6.07) is 10.5. The molecule has 1 unspecified atom stereocenters. The molecule has 2 aliphatic rings. The average Bonchev–Trinajstić information content (AvgIpc) is 3.01. The number of piperazine rings is 1. The van der Waals surface area contributed by atoms with Crippen LogP contribution in [-0.2, 0) is 17.9 Å². The largest absolute Gasteiger partial charge is 0.356 e. The molecule has 6 heteroatoms. The Kier molecular flexibility index (Phi) is 5.27. The lowest BCUT2D eigenvalue weighted by Crippen LogP contribution is -2.60. The number of nitrogens with one attached hydrogen (secondary N) is 1. The molecule has 0 radical (unpaired) electrons. The molecule has 1 N–H and O–H groups in total. The molecule has 1 atom stereocenters. The molecule has 1 aromatic heterocycles. The maximum absolute atomic E-state index is 11.8. The van der Waals surface area contributed by atoms with E-state index < -0.39 is 0 Å². The predicted molar refractivity (Wildman–Crippen MR) is 105 cm³/mol. The molecule has 3 heterocycles. The third-order valence-electron chi connectivity index (χ3n) is 6.17. The Balaban J connectivity index is 1.46. The Morgan fingerprint density at radius 1 is 1.15 bits per heavy atom. The SMILES string of the molecule is CN1CCN(Cc2nccn2Cc2ccccc2)CC12CCNC(=O)CC2. The molecule has 144 valence electrons. The van der Waals surface area contributed by atoms with Gasteiger partial charge in [0.1, 0.15) is 5.82 Å². The Bertz CT molecular complexity index is 774. The van der Waals surface area contributed by atoms with Crippen molar-refractivity contribution in [2.75, 3.05) is 33.2 Å². The fourth-order valence-electron chi connectivity index (χ4n) is 4.43. The molecule has 4 rings (SSSR count). The van der Waals surface area contributed by atoms with Gasteiger partial charge >= 0.3 is 0 Å². The van der Waals surface area contributed by atoms with Gasteiger partial charge in [-0.3, -0.25) is 14.6 Å². The average molecular weight is 367 g/mol. The summed E-state index contributed by atoms with van der Waals surface area (Å²) in [6.07, 6.45) is 6.55. The highest BCUT2D eigenvalue weighted by Crippen LogP contribution is 2.30. The van der Waals surface area contributed by atoms with Crippen molar-refractivity contribution in [3.63, 3.8) is 0 Å².